The molecular weight excluding hydrogens is 210 g/mol. The van der Waals surface area contributed by atoms with Gasteiger partial charge in [-0.25, -0.2) is 0 Å². The SMILES string of the molecule is CC(C)(C)CCCOC1(CN)CCCCCC1. The van der Waals surface area contributed by atoms with E-state index in [1.807, 2.05) is 0 Å². The molecule has 2 heteroatoms. The molecule has 1 rings (SSSR count). The molecule has 0 aliphatic heterocycles. The molecule has 0 aromatic carbocycles. The largest absolute Gasteiger partial charge is 0.374 e. The van der Waals surface area contributed by atoms with Gasteiger partial charge >= 0.3 is 0 Å². The molecule has 1 saturated carbocycles. The highest BCUT2D eigenvalue weighted by Crippen LogP contribution is 2.30. The Morgan fingerprint density at radius 2 is 1.65 bits per heavy atom. The second-order valence-electron chi connectivity index (χ2n) is 6.81. The van der Waals surface area contributed by atoms with E-state index in [0.29, 0.717) is 12.0 Å². The minimum absolute atomic E-state index is 0.00832. The third-order valence-corrected chi connectivity index (χ3v) is 3.87. The van der Waals surface area contributed by atoms with Crippen molar-refractivity contribution >= 4 is 0 Å². The van der Waals surface area contributed by atoms with Crippen LogP contribution in [0.1, 0.15) is 72.1 Å². The van der Waals surface area contributed by atoms with Gasteiger partial charge in [0, 0.05) is 13.2 Å². The predicted octanol–water partition coefficient (Wildman–Crippen LogP) is 3.88. The van der Waals surface area contributed by atoms with E-state index in [2.05, 4.69) is 20.8 Å². The van der Waals surface area contributed by atoms with E-state index in [9.17, 15) is 0 Å². The van der Waals surface area contributed by atoms with Gasteiger partial charge in [-0.1, -0.05) is 46.5 Å². The van der Waals surface area contributed by atoms with Crippen LogP contribution in [0.4, 0.5) is 0 Å². The lowest BCUT2D eigenvalue weighted by Gasteiger charge is -2.32. The number of hydrogen-bond donors (Lipinski definition) is 1. The summed E-state index contributed by atoms with van der Waals surface area (Å²) in [4.78, 5) is 0. The number of ether oxygens (including phenoxy) is 1. The fraction of sp³-hybridized carbons (Fsp3) is 1.00. The molecule has 0 aromatic heterocycles. The molecule has 0 radical (unpaired) electrons. The van der Waals surface area contributed by atoms with Crippen LogP contribution in [0, 0.1) is 5.41 Å². The molecule has 1 aliphatic carbocycles. The fourth-order valence-corrected chi connectivity index (χ4v) is 2.67. The molecule has 1 aliphatic rings. The molecular formula is C15H31NO. The van der Waals surface area contributed by atoms with Gasteiger partial charge in [0.05, 0.1) is 5.60 Å². The Bertz CT molecular complexity index is 199. The maximum atomic E-state index is 6.17. The molecule has 0 amide bonds. The normalized spacial score (nSPS) is 21.2. The lowest BCUT2D eigenvalue weighted by atomic mass is 9.90. The number of rotatable bonds is 5. The molecule has 102 valence electrons. The van der Waals surface area contributed by atoms with E-state index in [1.54, 1.807) is 0 Å². The van der Waals surface area contributed by atoms with Gasteiger partial charge in [-0.2, -0.15) is 0 Å². The molecule has 17 heavy (non-hydrogen) atoms. The first-order valence-corrected chi connectivity index (χ1v) is 7.32. The van der Waals surface area contributed by atoms with Crippen LogP contribution in [-0.4, -0.2) is 18.8 Å². The zero-order valence-electron chi connectivity index (χ0n) is 12.1. The van der Waals surface area contributed by atoms with Crippen molar-refractivity contribution in [3.05, 3.63) is 0 Å². The van der Waals surface area contributed by atoms with Gasteiger partial charge in [-0.05, 0) is 31.1 Å². The van der Waals surface area contributed by atoms with Crippen molar-refractivity contribution in [1.82, 2.24) is 0 Å². The molecule has 1 fully saturated rings. The summed E-state index contributed by atoms with van der Waals surface area (Å²) in [7, 11) is 0. The van der Waals surface area contributed by atoms with Crippen LogP contribution >= 0.6 is 0 Å². The van der Waals surface area contributed by atoms with Crippen LogP contribution in [0.2, 0.25) is 0 Å². The maximum Gasteiger partial charge on any atom is 0.0804 e. The molecule has 2 nitrogen and oxygen atoms in total. The summed E-state index contributed by atoms with van der Waals surface area (Å²) >= 11 is 0. The van der Waals surface area contributed by atoms with Gasteiger partial charge in [0.1, 0.15) is 0 Å². The maximum absolute atomic E-state index is 6.17. The van der Waals surface area contributed by atoms with Gasteiger partial charge in [0.15, 0.2) is 0 Å². The first-order chi connectivity index (χ1) is 7.97. The minimum atomic E-state index is 0.00832. The van der Waals surface area contributed by atoms with E-state index in [1.165, 1.54) is 44.9 Å². The molecule has 0 unspecified atom stereocenters. The Morgan fingerprint density at radius 1 is 1.06 bits per heavy atom. The summed E-state index contributed by atoms with van der Waals surface area (Å²) in [6.07, 6.45) is 10.0. The Kier molecular flexibility index (Phi) is 5.94. The lowest BCUT2D eigenvalue weighted by molar-refractivity contribution is -0.0524. The van der Waals surface area contributed by atoms with Crippen molar-refractivity contribution in [2.75, 3.05) is 13.2 Å². The second kappa shape index (κ2) is 6.75. The van der Waals surface area contributed by atoms with Crippen LogP contribution in [0.15, 0.2) is 0 Å². The number of hydrogen-bond acceptors (Lipinski definition) is 2. The average molecular weight is 241 g/mol. The average Bonchev–Trinajstić information content (AvgIpc) is 2.49. The van der Waals surface area contributed by atoms with Crippen LogP contribution < -0.4 is 5.73 Å². The first-order valence-electron chi connectivity index (χ1n) is 7.32. The minimum Gasteiger partial charge on any atom is -0.374 e. The Labute approximate surface area is 107 Å². The topological polar surface area (TPSA) is 35.2 Å². The van der Waals surface area contributed by atoms with Crippen LogP contribution in [0.5, 0.6) is 0 Å². The smallest absolute Gasteiger partial charge is 0.0804 e. The highest BCUT2D eigenvalue weighted by molar-refractivity contribution is 4.84. The zero-order chi connectivity index (χ0) is 12.8. The summed E-state index contributed by atoms with van der Waals surface area (Å²) < 4.78 is 6.17. The van der Waals surface area contributed by atoms with Crippen molar-refractivity contribution in [3.63, 3.8) is 0 Å². The fourth-order valence-electron chi connectivity index (χ4n) is 2.67. The number of nitrogens with two attached hydrogens (primary N) is 1. The Morgan fingerprint density at radius 3 is 2.12 bits per heavy atom. The van der Waals surface area contributed by atoms with Crippen molar-refractivity contribution < 1.29 is 4.74 Å². The highest BCUT2D eigenvalue weighted by atomic mass is 16.5. The zero-order valence-corrected chi connectivity index (χ0v) is 12.1. The molecule has 2 N–H and O–H groups in total. The van der Waals surface area contributed by atoms with Gasteiger partial charge in [0.2, 0.25) is 0 Å². The van der Waals surface area contributed by atoms with E-state index in [-0.39, 0.29) is 5.60 Å². The lowest BCUT2D eigenvalue weighted by Crippen LogP contribution is -2.40. The molecule has 0 spiro atoms. The molecule has 0 atom stereocenters. The summed E-state index contributed by atoms with van der Waals surface area (Å²) in [5.74, 6) is 0. The molecule has 0 aromatic rings. The third-order valence-electron chi connectivity index (χ3n) is 3.87. The molecule has 0 saturated heterocycles. The Balaban J connectivity index is 2.30. The standard InChI is InChI=1S/C15H31NO/c1-14(2,3)9-8-12-17-15(13-16)10-6-4-5-7-11-15/h4-13,16H2,1-3H3. The van der Waals surface area contributed by atoms with Crippen LogP contribution in [0.25, 0.3) is 0 Å². The van der Waals surface area contributed by atoms with Gasteiger partial charge in [0.25, 0.3) is 0 Å². The quantitative estimate of drug-likeness (QED) is 0.585. The summed E-state index contributed by atoms with van der Waals surface area (Å²) in [5.41, 5.74) is 6.38. The van der Waals surface area contributed by atoms with Crippen LogP contribution in [0.3, 0.4) is 0 Å². The highest BCUT2D eigenvalue weighted by Gasteiger charge is 2.30. The summed E-state index contributed by atoms with van der Waals surface area (Å²) in [5, 5.41) is 0. The third kappa shape index (κ3) is 5.87. The predicted molar refractivity (Wildman–Crippen MR) is 74.1 cm³/mol. The Hall–Kier alpha value is -0.0800. The van der Waals surface area contributed by atoms with Crippen molar-refractivity contribution in [2.45, 2.75) is 77.7 Å². The van der Waals surface area contributed by atoms with E-state index < -0.39 is 0 Å². The van der Waals surface area contributed by atoms with E-state index >= 15 is 0 Å². The van der Waals surface area contributed by atoms with E-state index in [0.717, 1.165) is 13.0 Å². The molecule has 0 heterocycles. The van der Waals surface area contributed by atoms with Crippen molar-refractivity contribution in [3.8, 4) is 0 Å². The van der Waals surface area contributed by atoms with E-state index in [4.69, 9.17) is 10.5 Å². The monoisotopic (exact) mass is 241 g/mol. The summed E-state index contributed by atoms with van der Waals surface area (Å²) in [6.45, 7) is 8.45. The van der Waals surface area contributed by atoms with Crippen molar-refractivity contribution in [1.29, 1.82) is 0 Å². The second-order valence-corrected chi connectivity index (χ2v) is 6.81. The van der Waals surface area contributed by atoms with Crippen LogP contribution in [-0.2, 0) is 4.74 Å². The van der Waals surface area contributed by atoms with Crippen molar-refractivity contribution in [2.24, 2.45) is 11.1 Å². The summed E-state index contributed by atoms with van der Waals surface area (Å²) in [6, 6.07) is 0. The molecule has 0 bridgehead atoms. The van der Waals surface area contributed by atoms with Gasteiger partial charge in [-0.15, -0.1) is 0 Å². The first kappa shape index (κ1) is 15.0. The van der Waals surface area contributed by atoms with Gasteiger partial charge in [-0.3, -0.25) is 0 Å². The van der Waals surface area contributed by atoms with Gasteiger partial charge < -0.3 is 10.5 Å².